The number of nitrogens with zero attached hydrogens (tertiary/aromatic N) is 3. The molecular weight excluding hydrogens is 326 g/mol. The van der Waals surface area contributed by atoms with Crippen LogP contribution in [0.4, 0.5) is 0 Å². The van der Waals surface area contributed by atoms with E-state index in [-0.39, 0.29) is 6.10 Å². The molecule has 1 atom stereocenters. The van der Waals surface area contributed by atoms with Gasteiger partial charge in [0.2, 0.25) is 10.0 Å². The van der Waals surface area contributed by atoms with E-state index in [1.807, 2.05) is 11.6 Å². The molecule has 0 aromatic carbocycles. The maximum Gasteiger partial charge on any atom is 0.246 e. The van der Waals surface area contributed by atoms with Crippen molar-refractivity contribution >= 4 is 10.0 Å². The summed E-state index contributed by atoms with van der Waals surface area (Å²) in [7, 11) is -3.46. The van der Waals surface area contributed by atoms with Gasteiger partial charge >= 0.3 is 0 Å². The highest BCUT2D eigenvalue weighted by atomic mass is 32.2. The molecule has 2 saturated heterocycles. The van der Waals surface area contributed by atoms with Crippen LogP contribution in [0.5, 0.6) is 0 Å². The quantitative estimate of drug-likeness (QED) is 0.832. The number of ether oxygens (including phenoxy) is 1. The van der Waals surface area contributed by atoms with Gasteiger partial charge in [-0.2, -0.15) is 9.40 Å². The zero-order chi connectivity index (χ0) is 17.3. The number of rotatable bonds is 4. The smallest absolute Gasteiger partial charge is 0.246 e. The minimum absolute atomic E-state index is 0.142. The standard InChI is InChI=1S/C17H29N3O3S/c1-13-7-9-19(10-8-13)24(21,22)17-14(2)18-20(15(17)3)12-16-6-4-5-11-23-16/h13,16H,4-12H2,1-3H3/t16-/m0/s1. The van der Waals surface area contributed by atoms with Crippen LogP contribution in [0.15, 0.2) is 4.90 Å². The third kappa shape index (κ3) is 3.53. The summed E-state index contributed by atoms with van der Waals surface area (Å²) >= 11 is 0. The van der Waals surface area contributed by atoms with Crippen molar-refractivity contribution in [2.24, 2.45) is 5.92 Å². The zero-order valence-electron chi connectivity index (χ0n) is 15.0. The first-order chi connectivity index (χ1) is 11.4. The molecule has 0 spiro atoms. The van der Waals surface area contributed by atoms with Crippen molar-refractivity contribution in [1.82, 2.24) is 14.1 Å². The fraction of sp³-hybridized carbons (Fsp3) is 0.824. The summed E-state index contributed by atoms with van der Waals surface area (Å²) in [5.41, 5.74) is 1.34. The minimum Gasteiger partial charge on any atom is -0.376 e. The van der Waals surface area contributed by atoms with Crippen LogP contribution < -0.4 is 0 Å². The summed E-state index contributed by atoms with van der Waals surface area (Å²) in [6, 6.07) is 0. The molecule has 3 heterocycles. The van der Waals surface area contributed by atoms with Crippen LogP contribution in [-0.2, 0) is 21.3 Å². The fourth-order valence-electron chi connectivity index (χ4n) is 3.73. The summed E-state index contributed by atoms with van der Waals surface area (Å²) < 4.78 is 35.4. The normalized spacial score (nSPS) is 24.4. The van der Waals surface area contributed by atoms with Crippen molar-refractivity contribution in [1.29, 1.82) is 0 Å². The number of sulfonamides is 1. The van der Waals surface area contributed by atoms with E-state index in [1.54, 1.807) is 11.2 Å². The van der Waals surface area contributed by atoms with Crippen LogP contribution in [0.1, 0.15) is 50.4 Å². The third-order valence-electron chi connectivity index (χ3n) is 5.31. The van der Waals surface area contributed by atoms with E-state index in [0.29, 0.717) is 36.1 Å². The molecule has 2 fully saturated rings. The van der Waals surface area contributed by atoms with Crippen LogP contribution >= 0.6 is 0 Å². The molecule has 7 heteroatoms. The molecule has 0 unspecified atom stereocenters. The van der Waals surface area contributed by atoms with E-state index >= 15 is 0 Å². The maximum absolute atomic E-state index is 13.1. The van der Waals surface area contributed by atoms with Gasteiger partial charge in [0.25, 0.3) is 0 Å². The molecule has 24 heavy (non-hydrogen) atoms. The van der Waals surface area contributed by atoms with Gasteiger partial charge in [0.1, 0.15) is 4.90 Å². The Labute approximate surface area is 145 Å². The first-order valence-electron chi connectivity index (χ1n) is 9.05. The lowest BCUT2D eigenvalue weighted by Crippen LogP contribution is -2.38. The molecule has 0 saturated carbocycles. The average Bonchev–Trinajstić information content (AvgIpc) is 2.83. The Bertz CT molecular complexity index is 669. The van der Waals surface area contributed by atoms with E-state index < -0.39 is 10.0 Å². The molecule has 2 aliphatic heterocycles. The predicted octanol–water partition coefficient (Wildman–Crippen LogP) is 2.49. The monoisotopic (exact) mass is 355 g/mol. The summed E-state index contributed by atoms with van der Waals surface area (Å²) in [5, 5.41) is 4.51. The molecular formula is C17H29N3O3S. The molecule has 0 N–H and O–H groups in total. The lowest BCUT2D eigenvalue weighted by molar-refractivity contribution is 0.00357. The van der Waals surface area contributed by atoms with Gasteiger partial charge in [-0.25, -0.2) is 8.42 Å². The number of aryl methyl sites for hydroxylation is 1. The molecule has 136 valence electrons. The molecule has 2 aliphatic rings. The Hall–Kier alpha value is -0.920. The van der Waals surface area contributed by atoms with E-state index in [9.17, 15) is 8.42 Å². The second-order valence-corrected chi connectivity index (χ2v) is 9.13. The van der Waals surface area contributed by atoms with Crippen molar-refractivity contribution in [3.8, 4) is 0 Å². The van der Waals surface area contributed by atoms with Gasteiger partial charge in [-0.1, -0.05) is 6.92 Å². The van der Waals surface area contributed by atoms with Crippen molar-refractivity contribution in [2.75, 3.05) is 19.7 Å². The highest BCUT2D eigenvalue weighted by Gasteiger charge is 2.33. The second kappa shape index (κ2) is 7.14. The molecule has 6 nitrogen and oxygen atoms in total. The van der Waals surface area contributed by atoms with Crippen LogP contribution in [-0.4, -0.2) is 48.3 Å². The Morgan fingerprint density at radius 1 is 1.17 bits per heavy atom. The Kier molecular flexibility index (Phi) is 5.32. The van der Waals surface area contributed by atoms with Gasteiger partial charge in [-0.15, -0.1) is 0 Å². The van der Waals surface area contributed by atoms with Gasteiger partial charge < -0.3 is 4.74 Å². The van der Waals surface area contributed by atoms with Crippen LogP contribution in [0.25, 0.3) is 0 Å². The fourth-order valence-corrected chi connectivity index (χ4v) is 5.57. The van der Waals surface area contributed by atoms with Gasteiger partial charge in [0.05, 0.1) is 24.0 Å². The van der Waals surface area contributed by atoms with Crippen molar-refractivity contribution in [3.63, 3.8) is 0 Å². The predicted molar refractivity (Wildman–Crippen MR) is 92.4 cm³/mol. The summed E-state index contributed by atoms with van der Waals surface area (Å²) in [6.07, 6.45) is 5.30. The summed E-state index contributed by atoms with van der Waals surface area (Å²) in [4.78, 5) is 0.396. The zero-order valence-corrected chi connectivity index (χ0v) is 15.8. The maximum atomic E-state index is 13.1. The molecule has 1 aromatic heterocycles. The second-order valence-electron chi connectivity index (χ2n) is 7.26. The van der Waals surface area contributed by atoms with Crippen LogP contribution in [0, 0.1) is 19.8 Å². The van der Waals surface area contributed by atoms with Gasteiger partial charge in [-0.05, 0) is 51.9 Å². The Morgan fingerprint density at radius 3 is 2.50 bits per heavy atom. The molecule has 0 aliphatic carbocycles. The summed E-state index contributed by atoms with van der Waals surface area (Å²) in [6.45, 7) is 8.49. The molecule has 3 rings (SSSR count). The SMILES string of the molecule is Cc1nn(C[C@@H]2CCCCO2)c(C)c1S(=O)(=O)N1CCC(C)CC1. The van der Waals surface area contributed by atoms with E-state index in [1.165, 1.54) is 6.42 Å². The molecule has 0 radical (unpaired) electrons. The highest BCUT2D eigenvalue weighted by Crippen LogP contribution is 2.28. The molecule has 0 amide bonds. The summed E-state index contributed by atoms with van der Waals surface area (Å²) in [5.74, 6) is 0.602. The number of aromatic nitrogens is 2. The van der Waals surface area contributed by atoms with E-state index in [0.717, 1.165) is 38.0 Å². The Morgan fingerprint density at radius 2 is 1.88 bits per heavy atom. The van der Waals surface area contributed by atoms with Gasteiger partial charge in [0, 0.05) is 19.7 Å². The van der Waals surface area contributed by atoms with Gasteiger partial charge in [0.15, 0.2) is 0 Å². The van der Waals surface area contributed by atoms with Crippen molar-refractivity contribution < 1.29 is 13.2 Å². The highest BCUT2D eigenvalue weighted by molar-refractivity contribution is 7.89. The average molecular weight is 356 g/mol. The third-order valence-corrected chi connectivity index (χ3v) is 7.46. The number of hydrogen-bond acceptors (Lipinski definition) is 4. The topological polar surface area (TPSA) is 64.4 Å². The van der Waals surface area contributed by atoms with Gasteiger partial charge in [-0.3, -0.25) is 4.68 Å². The van der Waals surface area contributed by atoms with Crippen LogP contribution in [0.2, 0.25) is 0 Å². The largest absolute Gasteiger partial charge is 0.376 e. The van der Waals surface area contributed by atoms with Crippen molar-refractivity contribution in [2.45, 2.75) is 70.4 Å². The van der Waals surface area contributed by atoms with E-state index in [2.05, 4.69) is 12.0 Å². The van der Waals surface area contributed by atoms with E-state index in [4.69, 9.17) is 4.74 Å². The first-order valence-corrected chi connectivity index (χ1v) is 10.5. The molecule has 0 bridgehead atoms. The molecule has 1 aromatic rings. The van der Waals surface area contributed by atoms with Crippen molar-refractivity contribution in [3.05, 3.63) is 11.4 Å². The number of hydrogen-bond donors (Lipinski definition) is 0. The number of piperidine rings is 1. The van der Waals surface area contributed by atoms with Crippen LogP contribution in [0.3, 0.4) is 0 Å². The lowest BCUT2D eigenvalue weighted by Gasteiger charge is -2.29. The lowest BCUT2D eigenvalue weighted by atomic mass is 10.0. The Balaban J connectivity index is 1.82. The first kappa shape index (κ1) is 17.9. The minimum atomic E-state index is -3.46.